The van der Waals surface area contributed by atoms with Crippen molar-refractivity contribution in [3.8, 4) is 0 Å². The molecule has 1 aromatic rings. The zero-order valence-corrected chi connectivity index (χ0v) is 12.0. The van der Waals surface area contributed by atoms with Crippen molar-refractivity contribution in [3.05, 3.63) is 22.9 Å². The number of hydrogen-bond acceptors (Lipinski definition) is 3. The minimum atomic E-state index is -3.46. The van der Waals surface area contributed by atoms with E-state index in [0.717, 1.165) is 25.7 Å². The Balaban J connectivity index is 2.25. The van der Waals surface area contributed by atoms with Crippen molar-refractivity contribution >= 4 is 26.0 Å². The van der Waals surface area contributed by atoms with Gasteiger partial charge in [0.1, 0.15) is 4.90 Å². The van der Waals surface area contributed by atoms with Crippen molar-refractivity contribution in [2.45, 2.75) is 43.0 Å². The number of nitrogens with one attached hydrogen (secondary N) is 1. The maximum Gasteiger partial charge on any atom is 0.242 e. The molecule has 0 unspecified atom stereocenters. The average Bonchev–Trinajstić information content (AvgIpc) is 2.24. The van der Waals surface area contributed by atoms with Gasteiger partial charge in [0.05, 0.1) is 0 Å². The van der Waals surface area contributed by atoms with Gasteiger partial charge < -0.3 is 0 Å². The van der Waals surface area contributed by atoms with E-state index in [0.29, 0.717) is 4.47 Å². The highest BCUT2D eigenvalue weighted by molar-refractivity contribution is 9.10. The van der Waals surface area contributed by atoms with Crippen molar-refractivity contribution in [1.82, 2.24) is 9.71 Å². The minimum absolute atomic E-state index is 0.214. The lowest BCUT2D eigenvalue weighted by Crippen LogP contribution is -2.52. The van der Waals surface area contributed by atoms with Gasteiger partial charge in [-0.2, -0.15) is 0 Å². The third kappa shape index (κ3) is 2.69. The van der Waals surface area contributed by atoms with Gasteiger partial charge in [-0.15, -0.1) is 0 Å². The number of rotatable bonds is 4. The van der Waals surface area contributed by atoms with Gasteiger partial charge in [-0.1, -0.05) is 6.92 Å². The normalized spacial score (nSPS) is 18.7. The molecule has 0 radical (unpaired) electrons. The summed E-state index contributed by atoms with van der Waals surface area (Å²) in [7, 11) is -3.46. The van der Waals surface area contributed by atoms with Crippen LogP contribution in [0.3, 0.4) is 0 Å². The monoisotopic (exact) mass is 318 g/mol. The first kappa shape index (κ1) is 13.0. The lowest BCUT2D eigenvalue weighted by Gasteiger charge is -2.41. The molecule has 0 bridgehead atoms. The molecule has 1 fully saturated rings. The summed E-state index contributed by atoms with van der Waals surface area (Å²) < 4.78 is 27.8. The van der Waals surface area contributed by atoms with Crippen LogP contribution < -0.4 is 4.72 Å². The van der Waals surface area contributed by atoms with Gasteiger partial charge in [0.2, 0.25) is 10.0 Å². The highest BCUT2D eigenvalue weighted by Crippen LogP contribution is 2.36. The van der Waals surface area contributed by atoms with Crippen molar-refractivity contribution < 1.29 is 8.42 Å². The number of nitrogens with zero attached hydrogens (tertiary/aromatic N) is 1. The molecule has 0 spiro atoms. The molecule has 0 amide bonds. The Morgan fingerprint density at radius 3 is 2.65 bits per heavy atom. The van der Waals surface area contributed by atoms with E-state index in [1.54, 1.807) is 12.3 Å². The van der Waals surface area contributed by atoms with E-state index >= 15 is 0 Å². The van der Waals surface area contributed by atoms with Gasteiger partial charge in [-0.05, 0) is 47.7 Å². The van der Waals surface area contributed by atoms with Crippen LogP contribution in [0.15, 0.2) is 27.8 Å². The zero-order chi connectivity index (χ0) is 12.5. The molecule has 0 aliphatic heterocycles. The van der Waals surface area contributed by atoms with Gasteiger partial charge in [0.25, 0.3) is 0 Å². The Labute approximate surface area is 110 Å². The molecule has 1 heterocycles. The topological polar surface area (TPSA) is 59.1 Å². The van der Waals surface area contributed by atoms with Gasteiger partial charge >= 0.3 is 0 Å². The van der Waals surface area contributed by atoms with E-state index in [9.17, 15) is 8.42 Å². The molecule has 1 aromatic heterocycles. The molecule has 0 aromatic carbocycles. The number of aromatic nitrogens is 1. The van der Waals surface area contributed by atoms with Gasteiger partial charge in [0.15, 0.2) is 0 Å². The Bertz CT molecular complexity index is 506. The smallest absolute Gasteiger partial charge is 0.242 e. The maximum absolute atomic E-state index is 12.2. The number of pyridine rings is 1. The number of hydrogen-bond donors (Lipinski definition) is 1. The third-order valence-electron chi connectivity index (χ3n) is 3.33. The van der Waals surface area contributed by atoms with Crippen LogP contribution in [0.4, 0.5) is 0 Å². The van der Waals surface area contributed by atoms with E-state index in [1.165, 1.54) is 6.20 Å². The summed E-state index contributed by atoms with van der Waals surface area (Å²) in [6, 6.07) is 1.57. The molecular formula is C11H15BrN2O2S. The van der Waals surface area contributed by atoms with E-state index in [1.807, 2.05) is 6.92 Å². The largest absolute Gasteiger partial charge is 0.262 e. The Morgan fingerprint density at radius 2 is 2.18 bits per heavy atom. The molecule has 2 rings (SSSR count). The fraction of sp³-hybridized carbons (Fsp3) is 0.545. The second-order valence-corrected chi connectivity index (χ2v) is 7.03. The third-order valence-corrected chi connectivity index (χ3v) is 5.31. The van der Waals surface area contributed by atoms with E-state index < -0.39 is 10.0 Å². The molecular weight excluding hydrogens is 304 g/mol. The standard InChI is InChI=1S/C11H15BrN2O2S/c1-2-11(4-3-5-11)14-17(15,16)10-6-9(12)7-13-8-10/h6-8,14H,2-5H2,1H3. The molecule has 0 saturated heterocycles. The highest BCUT2D eigenvalue weighted by atomic mass is 79.9. The summed E-state index contributed by atoms with van der Waals surface area (Å²) in [5.74, 6) is 0. The number of halogens is 1. The molecule has 94 valence electrons. The predicted molar refractivity (Wildman–Crippen MR) is 69.1 cm³/mol. The van der Waals surface area contributed by atoms with E-state index in [-0.39, 0.29) is 10.4 Å². The molecule has 1 aliphatic carbocycles. The van der Waals surface area contributed by atoms with Crippen molar-refractivity contribution in [2.24, 2.45) is 0 Å². The summed E-state index contributed by atoms with van der Waals surface area (Å²) in [5, 5.41) is 0. The first-order valence-corrected chi connectivity index (χ1v) is 7.90. The Kier molecular flexibility index (Phi) is 3.56. The summed E-state index contributed by atoms with van der Waals surface area (Å²) in [5.41, 5.74) is -0.235. The highest BCUT2D eigenvalue weighted by Gasteiger charge is 2.39. The first-order valence-electron chi connectivity index (χ1n) is 5.62. The van der Waals surface area contributed by atoms with E-state index in [4.69, 9.17) is 0 Å². The molecule has 1 N–H and O–H groups in total. The quantitative estimate of drug-likeness (QED) is 0.927. The van der Waals surface area contributed by atoms with Crippen LogP contribution in [0.1, 0.15) is 32.6 Å². The van der Waals surface area contributed by atoms with Crippen molar-refractivity contribution in [3.63, 3.8) is 0 Å². The van der Waals surface area contributed by atoms with Crippen LogP contribution in [0.2, 0.25) is 0 Å². The van der Waals surface area contributed by atoms with E-state index in [2.05, 4.69) is 25.6 Å². The minimum Gasteiger partial charge on any atom is -0.262 e. The van der Waals surface area contributed by atoms with Gasteiger partial charge in [-0.25, -0.2) is 13.1 Å². The number of sulfonamides is 1. The molecule has 17 heavy (non-hydrogen) atoms. The second-order valence-electron chi connectivity index (χ2n) is 4.43. The molecule has 4 nitrogen and oxygen atoms in total. The van der Waals surface area contributed by atoms with Crippen LogP contribution in [0, 0.1) is 0 Å². The summed E-state index contributed by atoms with van der Waals surface area (Å²) in [6.07, 6.45) is 6.70. The summed E-state index contributed by atoms with van der Waals surface area (Å²) in [6.45, 7) is 2.01. The predicted octanol–water partition coefficient (Wildman–Crippen LogP) is 2.46. The summed E-state index contributed by atoms with van der Waals surface area (Å²) in [4.78, 5) is 4.10. The fourth-order valence-corrected chi connectivity index (χ4v) is 4.05. The molecule has 0 atom stereocenters. The molecule has 6 heteroatoms. The Morgan fingerprint density at radius 1 is 1.47 bits per heavy atom. The van der Waals surface area contributed by atoms with Gasteiger partial charge in [0, 0.05) is 22.4 Å². The van der Waals surface area contributed by atoms with Crippen LogP contribution in [0.25, 0.3) is 0 Å². The van der Waals surface area contributed by atoms with Crippen LogP contribution in [0.5, 0.6) is 0 Å². The maximum atomic E-state index is 12.2. The Hall–Kier alpha value is -0.460. The lowest BCUT2D eigenvalue weighted by molar-refractivity contribution is 0.214. The molecule has 1 saturated carbocycles. The fourth-order valence-electron chi connectivity index (χ4n) is 2.01. The van der Waals surface area contributed by atoms with Crippen LogP contribution >= 0.6 is 15.9 Å². The van der Waals surface area contributed by atoms with Crippen molar-refractivity contribution in [1.29, 1.82) is 0 Å². The molecule has 1 aliphatic rings. The SMILES string of the molecule is CCC1(NS(=O)(=O)c2cncc(Br)c2)CCC1. The van der Waals surface area contributed by atoms with Crippen molar-refractivity contribution in [2.75, 3.05) is 0 Å². The second kappa shape index (κ2) is 4.66. The zero-order valence-electron chi connectivity index (χ0n) is 9.61. The summed E-state index contributed by atoms with van der Waals surface area (Å²) >= 11 is 3.23. The van der Waals surface area contributed by atoms with Crippen LogP contribution in [-0.4, -0.2) is 18.9 Å². The lowest BCUT2D eigenvalue weighted by atomic mass is 9.76. The first-order chi connectivity index (χ1) is 7.97. The average molecular weight is 319 g/mol. The van der Waals surface area contributed by atoms with Gasteiger partial charge in [-0.3, -0.25) is 4.98 Å². The van der Waals surface area contributed by atoms with Crippen LogP contribution in [-0.2, 0) is 10.0 Å².